The number of carbonyl (C=O) groups excluding carboxylic acids is 1. The number of hydrogen-bond acceptors (Lipinski definition) is 6. The maximum atomic E-state index is 12.7. The van der Waals surface area contributed by atoms with Gasteiger partial charge in [-0.1, -0.05) is 67.2 Å². The van der Waals surface area contributed by atoms with Gasteiger partial charge in [0.05, 0.1) is 11.4 Å². The van der Waals surface area contributed by atoms with Crippen LogP contribution in [0.15, 0.2) is 95.9 Å². The smallest absolute Gasteiger partial charge is 0.406 e. The van der Waals surface area contributed by atoms with E-state index in [4.69, 9.17) is 4.84 Å². The second kappa shape index (κ2) is 11.6. The minimum Gasteiger partial charge on any atom is -0.406 e. The maximum Gasteiger partial charge on any atom is 0.573 e. The lowest BCUT2D eigenvalue weighted by Crippen LogP contribution is -2.29. The van der Waals surface area contributed by atoms with E-state index in [9.17, 15) is 18.0 Å². The van der Waals surface area contributed by atoms with Crippen molar-refractivity contribution in [1.29, 1.82) is 0 Å². The van der Waals surface area contributed by atoms with Gasteiger partial charge < -0.3 is 4.74 Å². The number of hydroxylamine groups is 1. The van der Waals surface area contributed by atoms with E-state index in [1.807, 2.05) is 47.4 Å². The van der Waals surface area contributed by atoms with E-state index in [-0.39, 0.29) is 5.75 Å². The van der Waals surface area contributed by atoms with Crippen LogP contribution in [0.4, 0.5) is 23.7 Å². The van der Waals surface area contributed by atoms with Gasteiger partial charge in [-0.2, -0.15) is 4.99 Å². The molecule has 0 bridgehead atoms. The number of rotatable bonds is 6. The largest absolute Gasteiger partial charge is 0.573 e. The first-order chi connectivity index (χ1) is 20.6. The van der Waals surface area contributed by atoms with E-state index in [1.165, 1.54) is 52.6 Å². The number of aliphatic imine (C=N–C) groups is 1. The Kier molecular flexibility index (Phi) is 7.67. The van der Waals surface area contributed by atoms with Gasteiger partial charge in [0.1, 0.15) is 18.2 Å². The quantitative estimate of drug-likeness (QED) is 0.233. The number of anilines is 1. The van der Waals surface area contributed by atoms with Crippen LogP contribution in [0.25, 0.3) is 17.1 Å². The number of nitrogens with zero attached hydrogens (tertiary/aromatic N) is 5. The van der Waals surface area contributed by atoms with Gasteiger partial charge in [0.2, 0.25) is 0 Å². The fourth-order valence-electron chi connectivity index (χ4n) is 4.85. The number of halogens is 3. The molecule has 2 unspecified atom stereocenters. The van der Waals surface area contributed by atoms with Crippen molar-refractivity contribution >= 4 is 28.6 Å². The molecule has 0 saturated carbocycles. The first kappa shape index (κ1) is 28.5. The average molecular weight is 607 g/mol. The molecule has 1 saturated heterocycles. The molecule has 3 aromatic carbocycles. The third-order valence-electron chi connectivity index (χ3n) is 6.92. The zero-order valence-electron chi connectivity index (χ0n) is 22.9. The van der Waals surface area contributed by atoms with Crippen molar-refractivity contribution in [3.05, 3.63) is 102 Å². The third kappa shape index (κ3) is 6.27. The zero-order chi connectivity index (χ0) is 30.1. The topological polar surface area (TPSA) is 93.9 Å². The van der Waals surface area contributed by atoms with Crippen molar-refractivity contribution in [3.63, 3.8) is 0 Å². The van der Waals surface area contributed by atoms with Crippen molar-refractivity contribution in [1.82, 2.24) is 20.2 Å². The summed E-state index contributed by atoms with van der Waals surface area (Å²) in [6, 6.07) is 20.1. The Balaban J connectivity index is 1.06. The number of amides is 2. The van der Waals surface area contributed by atoms with Crippen molar-refractivity contribution in [2.24, 2.45) is 4.99 Å². The molecule has 13 heteroatoms. The summed E-state index contributed by atoms with van der Waals surface area (Å²) in [5.74, 6) is 1.14. The van der Waals surface area contributed by atoms with Crippen LogP contribution < -0.4 is 15.1 Å². The average Bonchev–Trinajstić information content (AvgIpc) is 3.64. The van der Waals surface area contributed by atoms with Crippen LogP contribution >= 0.6 is 11.8 Å². The Bertz CT molecular complexity index is 1700. The van der Waals surface area contributed by atoms with Crippen molar-refractivity contribution < 1.29 is 27.5 Å². The van der Waals surface area contributed by atoms with Crippen LogP contribution in [0.3, 0.4) is 0 Å². The van der Waals surface area contributed by atoms with Crippen LogP contribution in [0.5, 0.6) is 5.75 Å². The number of urea groups is 1. The molecular formula is C30H25F3N6O3S. The molecule has 0 aliphatic carbocycles. The summed E-state index contributed by atoms with van der Waals surface area (Å²) in [5.41, 5.74) is 7.82. The summed E-state index contributed by atoms with van der Waals surface area (Å²) in [6.45, 7) is 3.96. The number of nitrogens with one attached hydrogen (secondary N) is 1. The predicted octanol–water partition coefficient (Wildman–Crippen LogP) is 7.15. The molecule has 220 valence electrons. The summed E-state index contributed by atoms with van der Waals surface area (Å²) >= 11 is 1.51. The van der Waals surface area contributed by atoms with Crippen LogP contribution in [0, 0.1) is 0 Å². The van der Waals surface area contributed by atoms with Crippen molar-refractivity contribution in [2.75, 3.05) is 10.7 Å². The molecule has 1 N–H and O–H groups in total. The molecular weight excluding hydrogens is 581 g/mol. The Hall–Kier alpha value is -4.62. The standard InChI is InChI=1S/C30H25F3N6O3S/c1-18-15-23-16-43-29(39(23)26-6-4-3-5-25(18)26)35-28(40)37-42-19(2)20-7-9-21(10-8-20)27-34-17-38(36-27)22-11-13-24(14-12-22)41-30(31,32)33/h3-15,17-19H,16H2,1-2H3,(H,37,40). The summed E-state index contributed by atoms with van der Waals surface area (Å²) in [7, 11) is 0. The normalized spacial score (nSPS) is 17.7. The predicted molar refractivity (Wildman–Crippen MR) is 157 cm³/mol. The lowest BCUT2D eigenvalue weighted by Gasteiger charge is -2.29. The number of ether oxygens (including phenoxy) is 1. The molecule has 1 aromatic heterocycles. The van der Waals surface area contributed by atoms with Gasteiger partial charge in [0.25, 0.3) is 0 Å². The number of aromatic nitrogens is 3. The Morgan fingerprint density at radius 1 is 1.09 bits per heavy atom. The number of carbonyl (C=O) groups is 1. The maximum absolute atomic E-state index is 12.7. The van der Waals surface area contributed by atoms with Crippen molar-refractivity contribution in [2.45, 2.75) is 32.2 Å². The molecule has 4 aromatic rings. The van der Waals surface area contributed by atoms with Crippen LogP contribution in [0.1, 0.15) is 37.0 Å². The number of hydrogen-bond donors (Lipinski definition) is 1. The number of fused-ring (bicyclic) bond motifs is 3. The number of thioether (sulfide) groups is 1. The number of benzene rings is 3. The fraction of sp³-hybridized carbons (Fsp3) is 0.200. The van der Waals surface area contributed by atoms with Gasteiger partial charge in [-0.15, -0.1) is 18.3 Å². The number of para-hydroxylation sites is 1. The molecule has 0 radical (unpaired) electrons. The molecule has 2 atom stereocenters. The second-order valence-electron chi connectivity index (χ2n) is 9.87. The second-order valence-corrected chi connectivity index (χ2v) is 10.8. The van der Waals surface area contributed by atoms with Gasteiger partial charge in [-0.25, -0.2) is 19.9 Å². The van der Waals surface area contributed by atoms with Gasteiger partial charge in [-0.05, 0) is 48.4 Å². The third-order valence-corrected chi connectivity index (χ3v) is 7.90. The summed E-state index contributed by atoms with van der Waals surface area (Å²) in [5, 5.41) is 5.01. The molecule has 43 heavy (non-hydrogen) atoms. The van der Waals surface area contributed by atoms with E-state index in [2.05, 4.69) is 44.4 Å². The number of allylic oxidation sites excluding steroid dienone is 1. The van der Waals surface area contributed by atoms with E-state index in [0.29, 0.717) is 22.6 Å². The summed E-state index contributed by atoms with van der Waals surface area (Å²) < 4.78 is 42.6. The van der Waals surface area contributed by atoms with Crippen LogP contribution in [-0.4, -0.2) is 38.1 Å². The SMILES string of the molecule is CC1C=C2CSC(=NC(=O)NOC(C)c3ccc(-c4ncn(-c5ccc(OC(F)(F)F)cc5)n4)cc3)N2c2ccccc21. The molecule has 1 fully saturated rings. The highest BCUT2D eigenvalue weighted by Gasteiger charge is 2.33. The highest BCUT2D eigenvalue weighted by Crippen LogP contribution is 2.42. The van der Waals surface area contributed by atoms with Crippen LogP contribution in [-0.2, 0) is 4.84 Å². The Morgan fingerprint density at radius 3 is 2.58 bits per heavy atom. The first-order valence-corrected chi connectivity index (χ1v) is 14.3. The van der Waals surface area contributed by atoms with E-state index >= 15 is 0 Å². The molecule has 9 nitrogen and oxygen atoms in total. The molecule has 2 aliphatic heterocycles. The minimum absolute atomic E-state index is 0.292. The minimum atomic E-state index is -4.76. The van der Waals surface area contributed by atoms with E-state index in [1.54, 1.807) is 6.92 Å². The van der Waals surface area contributed by atoms with Crippen LogP contribution in [0.2, 0.25) is 0 Å². The molecule has 2 amide bonds. The number of alkyl halides is 3. The molecule has 6 rings (SSSR count). The van der Waals surface area contributed by atoms with E-state index < -0.39 is 18.5 Å². The summed E-state index contributed by atoms with van der Waals surface area (Å²) in [6.07, 6.45) is -1.56. The van der Waals surface area contributed by atoms with E-state index in [0.717, 1.165) is 28.3 Å². The molecule has 3 heterocycles. The fourth-order valence-corrected chi connectivity index (χ4v) is 5.84. The highest BCUT2D eigenvalue weighted by atomic mass is 32.2. The molecule has 2 aliphatic rings. The first-order valence-electron chi connectivity index (χ1n) is 13.3. The van der Waals surface area contributed by atoms with Gasteiger partial charge in [0.15, 0.2) is 11.0 Å². The lowest BCUT2D eigenvalue weighted by atomic mass is 9.94. The zero-order valence-corrected chi connectivity index (χ0v) is 23.8. The van der Waals surface area contributed by atoms with Crippen molar-refractivity contribution in [3.8, 4) is 22.8 Å². The number of amidine groups is 1. The summed E-state index contributed by atoms with van der Waals surface area (Å²) in [4.78, 5) is 28.9. The molecule has 0 spiro atoms. The van der Waals surface area contributed by atoms with Gasteiger partial charge in [0, 0.05) is 22.9 Å². The Morgan fingerprint density at radius 2 is 1.84 bits per heavy atom. The van der Waals surface area contributed by atoms with Gasteiger partial charge in [-0.3, -0.25) is 9.74 Å². The lowest BCUT2D eigenvalue weighted by molar-refractivity contribution is -0.274. The highest BCUT2D eigenvalue weighted by molar-refractivity contribution is 8.14. The monoisotopic (exact) mass is 606 g/mol. The van der Waals surface area contributed by atoms with Gasteiger partial charge >= 0.3 is 12.4 Å². The Labute approximate surface area is 249 Å².